The van der Waals surface area contributed by atoms with E-state index in [1.165, 1.54) is 48.5 Å². The number of alkyl halides is 6. The van der Waals surface area contributed by atoms with Crippen LogP contribution in [0.25, 0.3) is 11.1 Å². The second-order valence-corrected chi connectivity index (χ2v) is 9.11. The van der Waals surface area contributed by atoms with Gasteiger partial charge in [-0.2, -0.15) is 26.3 Å². The molecular weight excluding hydrogens is 448 g/mol. The molecule has 172 valence electrons. The third-order valence-corrected chi connectivity index (χ3v) is 5.71. The van der Waals surface area contributed by atoms with E-state index in [-0.39, 0.29) is 10.5 Å². The van der Waals surface area contributed by atoms with Gasteiger partial charge in [0, 0.05) is 18.7 Å². The average molecular weight is 469 g/mol. The molecule has 0 unspecified atom stereocenters. The molecule has 0 radical (unpaired) electrons. The Kier molecular flexibility index (Phi) is 7.77. The lowest BCUT2D eigenvalue weighted by Gasteiger charge is -2.27. The normalized spacial score (nSPS) is 15.0. The Labute approximate surface area is 175 Å². The highest BCUT2D eigenvalue weighted by molar-refractivity contribution is 7.90. The second-order valence-electron chi connectivity index (χ2n) is 7.09. The van der Waals surface area contributed by atoms with Crippen LogP contribution in [0.15, 0.2) is 53.4 Å². The highest BCUT2D eigenvalue weighted by Crippen LogP contribution is 2.35. The molecular formula is C20H21F6NO3S. The largest absolute Gasteiger partial charge is 0.407 e. The third-order valence-electron chi connectivity index (χ3n) is 4.59. The first-order valence-electron chi connectivity index (χ1n) is 9.11. The minimum absolute atomic E-state index is 0.100. The van der Waals surface area contributed by atoms with Crippen LogP contribution in [0, 0.1) is 0 Å². The van der Waals surface area contributed by atoms with Gasteiger partial charge >= 0.3 is 12.4 Å². The summed E-state index contributed by atoms with van der Waals surface area (Å²) >= 11 is 0. The van der Waals surface area contributed by atoms with Crippen LogP contribution in [0.5, 0.6) is 0 Å². The van der Waals surface area contributed by atoms with E-state index in [0.717, 1.165) is 6.26 Å². The number of aliphatic hydroxyl groups is 1. The van der Waals surface area contributed by atoms with Gasteiger partial charge in [-0.15, -0.1) is 0 Å². The summed E-state index contributed by atoms with van der Waals surface area (Å²) in [6, 6.07) is 7.30. The van der Waals surface area contributed by atoms with Gasteiger partial charge in [-0.05, 0) is 35.2 Å². The zero-order valence-electron chi connectivity index (χ0n) is 16.3. The van der Waals surface area contributed by atoms with Gasteiger partial charge in [-0.1, -0.05) is 36.4 Å². The van der Waals surface area contributed by atoms with Crippen LogP contribution < -0.4 is 5.32 Å². The van der Waals surface area contributed by atoms with Crippen LogP contribution in [0.2, 0.25) is 0 Å². The topological polar surface area (TPSA) is 66.4 Å². The number of rotatable bonds is 8. The van der Waals surface area contributed by atoms with E-state index in [2.05, 4.69) is 5.32 Å². The Morgan fingerprint density at radius 3 is 1.77 bits per heavy atom. The van der Waals surface area contributed by atoms with Gasteiger partial charge in [-0.3, -0.25) is 5.32 Å². The van der Waals surface area contributed by atoms with Crippen LogP contribution in [-0.2, 0) is 9.84 Å². The van der Waals surface area contributed by atoms with E-state index >= 15 is 0 Å². The minimum Gasteiger partial charge on any atom is -0.395 e. The first-order valence-corrected chi connectivity index (χ1v) is 11.0. The highest BCUT2D eigenvalue weighted by Gasteiger charge is 2.42. The fourth-order valence-electron chi connectivity index (χ4n) is 2.94. The van der Waals surface area contributed by atoms with Crippen LogP contribution in [0.1, 0.15) is 24.4 Å². The van der Waals surface area contributed by atoms with Crippen molar-refractivity contribution < 1.29 is 39.9 Å². The maximum atomic E-state index is 13.5. The summed E-state index contributed by atoms with van der Waals surface area (Å²) in [6.45, 7) is -0.882. The molecule has 0 aliphatic rings. The van der Waals surface area contributed by atoms with Crippen LogP contribution in [-0.4, -0.2) is 44.8 Å². The van der Waals surface area contributed by atoms with E-state index in [9.17, 15) is 39.9 Å². The van der Waals surface area contributed by atoms with Crippen molar-refractivity contribution in [1.29, 1.82) is 0 Å². The van der Waals surface area contributed by atoms with E-state index in [1.807, 2.05) is 0 Å². The molecule has 0 aromatic heterocycles. The van der Waals surface area contributed by atoms with Crippen molar-refractivity contribution in [2.24, 2.45) is 0 Å². The first kappa shape index (κ1) is 25.2. The Balaban J connectivity index is 2.23. The van der Waals surface area contributed by atoms with Gasteiger partial charge in [0.05, 0.1) is 11.5 Å². The summed E-state index contributed by atoms with van der Waals surface area (Å²) in [5, 5.41) is 11.3. The maximum absolute atomic E-state index is 13.5. The molecule has 11 heteroatoms. The summed E-state index contributed by atoms with van der Waals surface area (Å²) in [7, 11) is -3.39. The monoisotopic (exact) mass is 469 g/mol. The van der Waals surface area contributed by atoms with E-state index in [0.29, 0.717) is 11.1 Å². The van der Waals surface area contributed by atoms with Gasteiger partial charge in [0.25, 0.3) is 0 Å². The van der Waals surface area contributed by atoms with E-state index in [1.54, 1.807) is 0 Å². The van der Waals surface area contributed by atoms with Crippen LogP contribution in [0.3, 0.4) is 0 Å². The van der Waals surface area contributed by atoms with E-state index in [4.69, 9.17) is 0 Å². The van der Waals surface area contributed by atoms with E-state index < -0.39 is 53.7 Å². The molecule has 0 aliphatic carbocycles. The lowest BCUT2D eigenvalue weighted by Crippen LogP contribution is -2.43. The second kappa shape index (κ2) is 9.58. The number of nitrogens with one attached hydrogen (secondary N) is 1. The van der Waals surface area contributed by atoms with Crippen molar-refractivity contribution in [3.05, 3.63) is 54.1 Å². The predicted molar refractivity (Wildman–Crippen MR) is 103 cm³/mol. The first-order chi connectivity index (χ1) is 14.2. The van der Waals surface area contributed by atoms with Crippen molar-refractivity contribution in [3.8, 4) is 11.1 Å². The van der Waals surface area contributed by atoms with Crippen molar-refractivity contribution in [2.45, 2.75) is 42.2 Å². The minimum atomic E-state index is -4.80. The Morgan fingerprint density at radius 2 is 1.39 bits per heavy atom. The summed E-state index contributed by atoms with van der Waals surface area (Å²) in [6.07, 6.45) is -10.3. The zero-order valence-corrected chi connectivity index (χ0v) is 17.2. The fourth-order valence-corrected chi connectivity index (χ4v) is 3.57. The molecule has 2 atom stereocenters. The summed E-state index contributed by atoms with van der Waals surface area (Å²) < 4.78 is 101. The lowest BCUT2D eigenvalue weighted by atomic mass is 9.99. The van der Waals surface area contributed by atoms with Gasteiger partial charge < -0.3 is 5.11 Å². The molecule has 31 heavy (non-hydrogen) atoms. The number of sulfone groups is 1. The van der Waals surface area contributed by atoms with Gasteiger partial charge in [0.15, 0.2) is 9.84 Å². The number of halogens is 6. The number of benzene rings is 2. The highest BCUT2D eigenvalue weighted by atomic mass is 32.2. The lowest BCUT2D eigenvalue weighted by molar-refractivity contribution is -0.162. The van der Waals surface area contributed by atoms with Crippen molar-refractivity contribution in [2.75, 3.05) is 12.9 Å². The molecule has 2 rings (SSSR count). The Bertz CT molecular complexity index is 954. The summed E-state index contributed by atoms with van der Waals surface area (Å²) in [5.41, 5.74) is 0.879. The standard InChI is InChI=1S/C20H21F6NO3S/c1-31(29,30)17-8-6-14(7-9-17)13-2-4-15(5-3-13)18(20(24,25)26)27-16(12-28)10-11-19(21,22)23/h2-9,16,18,27-28H,10-12H2,1H3/t16-,18-/m0/s1. The number of hydrogen-bond acceptors (Lipinski definition) is 4. The maximum Gasteiger partial charge on any atom is 0.407 e. The molecule has 2 N–H and O–H groups in total. The molecule has 0 saturated carbocycles. The van der Waals surface area contributed by atoms with Gasteiger partial charge in [0.1, 0.15) is 6.04 Å². The molecule has 0 amide bonds. The average Bonchev–Trinajstić information content (AvgIpc) is 2.66. The number of aliphatic hydroxyl groups excluding tert-OH is 1. The zero-order chi connectivity index (χ0) is 23.4. The molecule has 0 aliphatic heterocycles. The third kappa shape index (κ3) is 7.51. The van der Waals surface area contributed by atoms with Gasteiger partial charge in [0.2, 0.25) is 0 Å². The van der Waals surface area contributed by atoms with Crippen molar-refractivity contribution in [1.82, 2.24) is 5.32 Å². The molecule has 4 nitrogen and oxygen atoms in total. The molecule has 0 fully saturated rings. The SMILES string of the molecule is CS(=O)(=O)c1ccc(-c2ccc([C@H](N[C@H](CO)CCC(F)(F)F)C(F)(F)F)cc2)cc1. The molecule has 0 bridgehead atoms. The Hall–Kier alpha value is -2.11. The van der Waals surface area contributed by atoms with Crippen LogP contribution >= 0.6 is 0 Å². The molecule has 0 saturated heterocycles. The molecule has 2 aromatic carbocycles. The Morgan fingerprint density at radius 1 is 0.903 bits per heavy atom. The quantitative estimate of drug-likeness (QED) is 0.553. The van der Waals surface area contributed by atoms with Crippen LogP contribution in [0.4, 0.5) is 26.3 Å². The molecule has 0 spiro atoms. The van der Waals surface area contributed by atoms with Crippen molar-refractivity contribution >= 4 is 9.84 Å². The molecule has 2 aromatic rings. The fraction of sp³-hybridized carbons (Fsp3) is 0.400. The van der Waals surface area contributed by atoms with Gasteiger partial charge in [-0.25, -0.2) is 8.42 Å². The smallest absolute Gasteiger partial charge is 0.395 e. The summed E-state index contributed by atoms with van der Waals surface area (Å²) in [4.78, 5) is 0.100. The molecule has 0 heterocycles. The van der Waals surface area contributed by atoms with Crippen molar-refractivity contribution in [3.63, 3.8) is 0 Å². The predicted octanol–water partition coefficient (Wildman–Crippen LogP) is 4.65. The number of hydrogen-bond donors (Lipinski definition) is 2. The summed E-state index contributed by atoms with van der Waals surface area (Å²) in [5.74, 6) is 0.